The zero-order chi connectivity index (χ0) is 31.6. The maximum Gasteiger partial charge on any atom is 0.319 e. The molecule has 0 amide bonds. The number of nitrogens with zero attached hydrogens (tertiary/aromatic N) is 6. The first-order valence-electron chi connectivity index (χ1n) is 16.3. The van der Waals surface area contributed by atoms with Crippen molar-refractivity contribution >= 4 is 44.9 Å². The van der Waals surface area contributed by atoms with Gasteiger partial charge in [0.05, 0.1) is 27.5 Å². The number of nitrogens with one attached hydrogen (secondary N) is 2. The van der Waals surface area contributed by atoms with Crippen LogP contribution in [0.15, 0.2) is 30.6 Å². The molecule has 240 valence electrons. The molecule has 5 atom stereocenters. The molecule has 47 heavy (non-hydrogen) atoms. The highest BCUT2D eigenvalue weighted by Crippen LogP contribution is 2.51. The Labute approximate surface area is 273 Å². The molecule has 0 aliphatic carbocycles. The Hall–Kier alpha value is -4.18. The van der Waals surface area contributed by atoms with Crippen molar-refractivity contribution in [3.8, 4) is 29.0 Å². The van der Waals surface area contributed by atoms with Crippen molar-refractivity contribution < 1.29 is 18.3 Å². The molecule has 0 unspecified atom stereocenters. The average Bonchev–Trinajstić information content (AvgIpc) is 3.87. The molecule has 10 rings (SSSR count). The number of hydrogen-bond donors (Lipinski definition) is 2. The maximum absolute atomic E-state index is 17.3. The van der Waals surface area contributed by atoms with Crippen molar-refractivity contribution in [2.45, 2.75) is 61.9 Å². The van der Waals surface area contributed by atoms with Crippen LogP contribution in [0.1, 0.15) is 37.7 Å². The first-order valence-corrected chi connectivity index (χ1v) is 16.7. The van der Waals surface area contributed by atoms with E-state index in [0.717, 1.165) is 37.7 Å². The predicted octanol–water partition coefficient (Wildman–Crippen LogP) is 5.35. The number of nitriles is 1. The number of aromatic nitrogens is 4. The van der Waals surface area contributed by atoms with Gasteiger partial charge in [0.15, 0.2) is 11.6 Å². The molecule has 0 radical (unpaired) electrons. The van der Waals surface area contributed by atoms with Crippen LogP contribution in [0.25, 0.3) is 38.6 Å². The van der Waals surface area contributed by atoms with Gasteiger partial charge in [0.2, 0.25) is 0 Å². The number of hydrogen-bond acceptors (Lipinski definition) is 8. The van der Waals surface area contributed by atoms with Gasteiger partial charge in [-0.05, 0) is 43.9 Å². The molecule has 0 spiro atoms. The average molecular weight is 657 g/mol. The largest absolute Gasteiger partial charge is 0.489 e. The number of alkyl halides is 1. The molecule has 3 aromatic heterocycles. The van der Waals surface area contributed by atoms with Gasteiger partial charge in [0.1, 0.15) is 48.0 Å². The van der Waals surface area contributed by atoms with Crippen molar-refractivity contribution in [2.24, 2.45) is 0 Å². The van der Waals surface area contributed by atoms with Gasteiger partial charge in [0.25, 0.3) is 0 Å². The van der Waals surface area contributed by atoms with Crippen LogP contribution in [0.4, 0.5) is 14.6 Å². The second-order valence-electron chi connectivity index (χ2n) is 13.7. The van der Waals surface area contributed by atoms with E-state index in [4.69, 9.17) is 31.0 Å². The Morgan fingerprint density at radius 3 is 3.02 bits per heavy atom. The highest BCUT2D eigenvalue weighted by Gasteiger charge is 2.50. The molecule has 4 fully saturated rings. The minimum Gasteiger partial charge on any atom is -0.489 e. The lowest BCUT2D eigenvalue weighted by molar-refractivity contribution is 0.107. The van der Waals surface area contributed by atoms with Gasteiger partial charge >= 0.3 is 6.01 Å². The Bertz CT molecular complexity index is 2180. The molecule has 2 N–H and O–H groups in total. The molecule has 5 aliphatic heterocycles. The first kappa shape index (κ1) is 27.9. The first-order chi connectivity index (χ1) is 22.9. The molecule has 5 aromatic rings. The van der Waals surface area contributed by atoms with E-state index >= 15 is 4.39 Å². The summed E-state index contributed by atoms with van der Waals surface area (Å²) in [6.45, 7) is 2.47. The number of imidazole rings is 1. The van der Waals surface area contributed by atoms with Gasteiger partial charge in [-0.2, -0.15) is 15.2 Å². The summed E-state index contributed by atoms with van der Waals surface area (Å²) in [5.74, 6) is 0.220. The Balaban J connectivity index is 1.19. The second kappa shape index (κ2) is 9.92. The summed E-state index contributed by atoms with van der Waals surface area (Å²) >= 11 is 7.19. The van der Waals surface area contributed by atoms with Crippen molar-refractivity contribution in [3.63, 3.8) is 0 Å². The van der Waals surface area contributed by atoms with Crippen molar-refractivity contribution in [3.05, 3.63) is 47.0 Å². The summed E-state index contributed by atoms with van der Waals surface area (Å²) in [5.41, 5.74) is 1.95. The molecule has 13 heteroatoms. The highest BCUT2D eigenvalue weighted by molar-refractivity contribution is 6.37. The number of anilines is 1. The van der Waals surface area contributed by atoms with E-state index in [9.17, 15) is 9.65 Å². The molecule has 5 aliphatic rings. The standard InChI is InChI=1S/C34H31ClF2N8O2/c35-27-25(19-3-1-4-22-24(19)20(12-38)31-39-8-10-44(22)31)28(37)29-26-30(27)46-15-23-21-6-5-18(40-21)14-45(23)32(26)42-33(41-29)47-16-34-7-2-9-43(34)13-17(36)11-34/h1,3-4,8,10,17-18,21,23,39-40H,2,5-7,9,11,13-16H2/t17-,18-,21+,23-,34+/m1/s1. The van der Waals surface area contributed by atoms with Crippen LogP contribution in [-0.4, -0.2) is 86.9 Å². The van der Waals surface area contributed by atoms with Crippen molar-refractivity contribution in [1.29, 1.82) is 5.26 Å². The molecular weight excluding hydrogens is 626 g/mol. The Morgan fingerprint density at radius 2 is 2.13 bits per heavy atom. The van der Waals surface area contributed by atoms with Crippen LogP contribution in [0.2, 0.25) is 5.02 Å². The van der Waals surface area contributed by atoms with Crippen molar-refractivity contribution in [2.75, 3.05) is 37.7 Å². The normalized spacial score (nSPS) is 28.1. The fourth-order valence-corrected chi connectivity index (χ4v) is 9.53. The van der Waals surface area contributed by atoms with Crippen LogP contribution in [0, 0.1) is 17.1 Å². The molecule has 10 nitrogen and oxygen atoms in total. The van der Waals surface area contributed by atoms with Gasteiger partial charge in [-0.25, -0.2) is 8.78 Å². The second-order valence-corrected chi connectivity index (χ2v) is 14.1. The third-order valence-corrected chi connectivity index (χ3v) is 11.6. The number of aromatic amines is 1. The lowest BCUT2D eigenvalue weighted by Gasteiger charge is -2.40. The topological polar surface area (TPSA) is 107 Å². The lowest BCUT2D eigenvalue weighted by Crippen LogP contribution is -2.60. The Morgan fingerprint density at radius 1 is 1.21 bits per heavy atom. The third-order valence-electron chi connectivity index (χ3n) is 11.3. The van der Waals surface area contributed by atoms with Gasteiger partial charge < -0.3 is 29.1 Å². The lowest BCUT2D eigenvalue weighted by atomic mass is 9.95. The smallest absolute Gasteiger partial charge is 0.319 e. The number of ether oxygens (including phenoxy) is 2. The van der Waals surface area contributed by atoms with Crippen LogP contribution < -0.4 is 19.7 Å². The fourth-order valence-electron chi connectivity index (χ4n) is 9.20. The SMILES string of the molecule is N#Cc1c2c(-c3c(Cl)c4c5c(nc(OC[C@@]67CCCN6C[C@H](F)C7)nc5c3F)N3C[C@H]5CC[C@H](N5)[C@H]3CO4)cccc2n2cc[nH]c12. The Kier molecular flexibility index (Phi) is 5.89. The molecular formula is C34H31ClF2N8O2. The zero-order valence-corrected chi connectivity index (χ0v) is 26.2. The van der Waals surface area contributed by atoms with Crippen LogP contribution >= 0.6 is 11.6 Å². The number of halogens is 3. The number of benzene rings is 2. The molecule has 4 saturated heterocycles. The summed E-state index contributed by atoms with van der Waals surface area (Å²) in [6, 6.07) is 8.25. The molecule has 2 bridgehead atoms. The van der Waals surface area contributed by atoms with E-state index < -0.39 is 17.5 Å². The van der Waals surface area contributed by atoms with E-state index in [2.05, 4.69) is 26.2 Å². The van der Waals surface area contributed by atoms with Gasteiger partial charge in [-0.3, -0.25) is 4.90 Å². The summed E-state index contributed by atoms with van der Waals surface area (Å²) in [6.07, 6.45) is 6.94. The maximum atomic E-state index is 17.3. The number of H-pyrrole nitrogens is 1. The van der Waals surface area contributed by atoms with Gasteiger partial charge in [0, 0.05) is 54.9 Å². The van der Waals surface area contributed by atoms with E-state index in [1.165, 1.54) is 0 Å². The van der Waals surface area contributed by atoms with Crippen LogP contribution in [-0.2, 0) is 0 Å². The fraction of sp³-hybridized carbons (Fsp3) is 0.441. The van der Waals surface area contributed by atoms with Gasteiger partial charge in [-0.1, -0.05) is 23.7 Å². The molecule has 8 heterocycles. The monoisotopic (exact) mass is 656 g/mol. The highest BCUT2D eigenvalue weighted by atomic mass is 35.5. The molecule has 0 saturated carbocycles. The summed E-state index contributed by atoms with van der Waals surface area (Å²) in [7, 11) is 0. The minimum atomic E-state index is -0.901. The quantitative estimate of drug-likeness (QED) is 0.267. The summed E-state index contributed by atoms with van der Waals surface area (Å²) < 4.78 is 46.6. The van der Waals surface area contributed by atoms with E-state index in [-0.39, 0.29) is 46.8 Å². The van der Waals surface area contributed by atoms with E-state index in [1.54, 1.807) is 12.3 Å². The number of piperazine rings is 1. The van der Waals surface area contributed by atoms with Gasteiger partial charge in [-0.15, -0.1) is 0 Å². The predicted molar refractivity (Wildman–Crippen MR) is 173 cm³/mol. The summed E-state index contributed by atoms with van der Waals surface area (Å²) in [4.78, 5) is 17.2. The van der Waals surface area contributed by atoms with Crippen molar-refractivity contribution in [1.82, 2.24) is 29.6 Å². The minimum absolute atomic E-state index is 0.0433. The summed E-state index contributed by atoms with van der Waals surface area (Å²) in [5, 5.41) is 15.0. The van der Waals surface area contributed by atoms with Crippen LogP contribution in [0.3, 0.4) is 0 Å². The zero-order valence-electron chi connectivity index (χ0n) is 25.4. The molecule has 2 aromatic carbocycles. The van der Waals surface area contributed by atoms with E-state index in [0.29, 0.717) is 65.2 Å². The number of rotatable bonds is 4. The third kappa shape index (κ3) is 3.82. The van der Waals surface area contributed by atoms with E-state index in [1.807, 2.05) is 22.7 Å². The van der Waals surface area contributed by atoms with Crippen LogP contribution in [0.5, 0.6) is 11.8 Å². The number of fused-ring (bicyclic) bond motifs is 9.